The molecule has 0 fully saturated rings. The average molecular weight is 263 g/mol. The van der Waals surface area contributed by atoms with E-state index in [1.54, 1.807) is 0 Å². The topological polar surface area (TPSA) is 37.8 Å². The van der Waals surface area contributed by atoms with Crippen LogP contribution in [0, 0.1) is 13.8 Å². The van der Waals surface area contributed by atoms with Crippen molar-refractivity contribution in [2.24, 2.45) is 0 Å². The molecule has 0 spiro atoms. The molecule has 20 heavy (non-hydrogen) atoms. The van der Waals surface area contributed by atoms with Crippen molar-refractivity contribution in [3.05, 3.63) is 65.5 Å². The number of benzene rings is 2. The highest BCUT2D eigenvalue weighted by Crippen LogP contribution is 2.18. The molecule has 0 amide bonds. The van der Waals surface area contributed by atoms with Crippen LogP contribution >= 0.6 is 0 Å². The van der Waals surface area contributed by atoms with Crippen LogP contribution in [-0.4, -0.2) is 9.97 Å². The minimum Gasteiger partial charge on any atom is -0.379 e. The third-order valence-corrected chi connectivity index (χ3v) is 3.56. The van der Waals surface area contributed by atoms with E-state index in [1.807, 2.05) is 30.5 Å². The second kappa shape index (κ2) is 5.29. The number of anilines is 1. The van der Waals surface area contributed by atoms with Gasteiger partial charge in [0.05, 0.1) is 29.5 Å². The van der Waals surface area contributed by atoms with Gasteiger partial charge in [0, 0.05) is 5.69 Å². The maximum atomic E-state index is 4.62. The van der Waals surface area contributed by atoms with Crippen molar-refractivity contribution in [1.82, 2.24) is 9.97 Å². The molecule has 0 atom stereocenters. The van der Waals surface area contributed by atoms with E-state index in [0.29, 0.717) is 6.54 Å². The zero-order valence-electron chi connectivity index (χ0n) is 11.7. The number of aromatic nitrogens is 2. The van der Waals surface area contributed by atoms with Crippen molar-refractivity contribution in [2.45, 2.75) is 20.4 Å². The minimum absolute atomic E-state index is 0.683. The highest BCUT2D eigenvalue weighted by atomic mass is 14.9. The zero-order chi connectivity index (χ0) is 13.9. The van der Waals surface area contributed by atoms with E-state index >= 15 is 0 Å². The molecule has 1 heterocycles. The van der Waals surface area contributed by atoms with E-state index in [1.165, 1.54) is 11.1 Å². The number of nitrogens with zero attached hydrogens (tertiary/aromatic N) is 2. The Hall–Kier alpha value is -2.42. The predicted octanol–water partition coefficient (Wildman–Crippen LogP) is 3.86. The highest BCUT2D eigenvalue weighted by Gasteiger charge is 2.02. The van der Waals surface area contributed by atoms with Crippen LogP contribution in [0.5, 0.6) is 0 Å². The average Bonchev–Trinajstić information content (AvgIpc) is 2.48. The lowest BCUT2D eigenvalue weighted by atomic mass is 10.1. The summed E-state index contributed by atoms with van der Waals surface area (Å²) in [4.78, 5) is 9.05. The van der Waals surface area contributed by atoms with Crippen molar-refractivity contribution in [3.63, 3.8) is 0 Å². The zero-order valence-corrected chi connectivity index (χ0v) is 11.7. The van der Waals surface area contributed by atoms with Crippen molar-refractivity contribution in [2.75, 3.05) is 5.32 Å². The van der Waals surface area contributed by atoms with Crippen LogP contribution in [0.15, 0.2) is 48.7 Å². The fourth-order valence-corrected chi connectivity index (χ4v) is 2.21. The molecule has 3 aromatic rings. The molecule has 0 unspecified atom stereocenters. The summed E-state index contributed by atoms with van der Waals surface area (Å²) in [7, 11) is 0. The molecule has 0 aliphatic heterocycles. The molecule has 3 heteroatoms. The van der Waals surface area contributed by atoms with Gasteiger partial charge in [-0.05, 0) is 43.2 Å². The molecule has 0 aliphatic carbocycles. The summed E-state index contributed by atoms with van der Waals surface area (Å²) < 4.78 is 0. The van der Waals surface area contributed by atoms with Crippen molar-refractivity contribution in [3.8, 4) is 0 Å². The summed E-state index contributed by atoms with van der Waals surface area (Å²) in [5.74, 6) is 0. The van der Waals surface area contributed by atoms with E-state index in [-0.39, 0.29) is 0 Å². The molecule has 1 aromatic heterocycles. The smallest absolute Gasteiger partial charge is 0.0890 e. The number of hydrogen-bond donors (Lipinski definition) is 1. The lowest BCUT2D eigenvalue weighted by molar-refractivity contribution is 1.04. The molecule has 0 aliphatic rings. The van der Waals surface area contributed by atoms with Gasteiger partial charge >= 0.3 is 0 Å². The van der Waals surface area contributed by atoms with Crippen LogP contribution in [0.4, 0.5) is 5.69 Å². The van der Waals surface area contributed by atoms with Gasteiger partial charge in [-0.25, -0.2) is 4.98 Å². The first-order chi connectivity index (χ1) is 9.74. The first-order valence-corrected chi connectivity index (χ1v) is 6.75. The van der Waals surface area contributed by atoms with Gasteiger partial charge in [0.2, 0.25) is 0 Å². The van der Waals surface area contributed by atoms with Gasteiger partial charge in [-0.2, -0.15) is 0 Å². The second-order valence-corrected chi connectivity index (χ2v) is 4.95. The predicted molar refractivity (Wildman–Crippen MR) is 82.8 cm³/mol. The molecule has 0 saturated carbocycles. The Balaban J connectivity index is 1.81. The Kier molecular flexibility index (Phi) is 3.33. The Bertz CT molecular complexity index is 750. The lowest BCUT2D eigenvalue weighted by Gasteiger charge is -2.11. The fraction of sp³-hybridized carbons (Fsp3) is 0.176. The standard InChI is InChI=1S/C17H17N3/c1-12-6-5-9-15(13(12)2)18-10-14-11-19-16-7-3-4-8-17(16)20-14/h3-9,11,18H,10H2,1-2H3. The largest absolute Gasteiger partial charge is 0.379 e. The van der Waals surface area contributed by atoms with Gasteiger partial charge in [0.25, 0.3) is 0 Å². The minimum atomic E-state index is 0.683. The lowest BCUT2D eigenvalue weighted by Crippen LogP contribution is -2.04. The molecule has 2 aromatic carbocycles. The van der Waals surface area contributed by atoms with Gasteiger partial charge in [0.15, 0.2) is 0 Å². The maximum Gasteiger partial charge on any atom is 0.0890 e. The van der Waals surface area contributed by atoms with Crippen LogP contribution in [0.2, 0.25) is 0 Å². The Morgan fingerprint density at radius 3 is 2.60 bits per heavy atom. The summed E-state index contributed by atoms with van der Waals surface area (Å²) in [5.41, 5.74) is 6.54. The summed E-state index contributed by atoms with van der Waals surface area (Å²) in [5, 5.41) is 3.43. The Morgan fingerprint density at radius 2 is 1.75 bits per heavy atom. The number of aryl methyl sites for hydroxylation is 1. The molecule has 0 radical (unpaired) electrons. The quantitative estimate of drug-likeness (QED) is 0.779. The third-order valence-electron chi connectivity index (χ3n) is 3.56. The summed E-state index contributed by atoms with van der Waals surface area (Å²) >= 11 is 0. The summed E-state index contributed by atoms with van der Waals surface area (Å²) in [6.45, 7) is 4.93. The number of rotatable bonds is 3. The van der Waals surface area contributed by atoms with Gasteiger partial charge in [-0.3, -0.25) is 4.98 Å². The van der Waals surface area contributed by atoms with E-state index < -0.39 is 0 Å². The molecular formula is C17H17N3. The maximum absolute atomic E-state index is 4.62. The van der Waals surface area contributed by atoms with Crippen LogP contribution in [0.1, 0.15) is 16.8 Å². The van der Waals surface area contributed by atoms with Crippen LogP contribution in [-0.2, 0) is 6.54 Å². The van der Waals surface area contributed by atoms with E-state index in [4.69, 9.17) is 0 Å². The van der Waals surface area contributed by atoms with Crippen molar-refractivity contribution in [1.29, 1.82) is 0 Å². The van der Waals surface area contributed by atoms with Gasteiger partial charge < -0.3 is 5.32 Å². The van der Waals surface area contributed by atoms with Crippen LogP contribution in [0.25, 0.3) is 11.0 Å². The number of nitrogens with one attached hydrogen (secondary N) is 1. The van der Waals surface area contributed by atoms with E-state index in [0.717, 1.165) is 22.4 Å². The Morgan fingerprint density at radius 1 is 0.950 bits per heavy atom. The van der Waals surface area contributed by atoms with Crippen molar-refractivity contribution >= 4 is 16.7 Å². The molecule has 1 N–H and O–H groups in total. The SMILES string of the molecule is Cc1cccc(NCc2cnc3ccccc3n2)c1C. The monoisotopic (exact) mass is 263 g/mol. The Labute approximate surface area is 118 Å². The third kappa shape index (κ3) is 2.48. The van der Waals surface area contributed by atoms with Crippen LogP contribution in [0.3, 0.4) is 0 Å². The van der Waals surface area contributed by atoms with Crippen LogP contribution < -0.4 is 5.32 Å². The summed E-state index contributed by atoms with van der Waals surface area (Å²) in [6.07, 6.45) is 1.83. The van der Waals surface area contributed by atoms with Gasteiger partial charge in [-0.15, -0.1) is 0 Å². The highest BCUT2D eigenvalue weighted by molar-refractivity contribution is 5.73. The van der Waals surface area contributed by atoms with E-state index in [2.05, 4.69) is 47.3 Å². The van der Waals surface area contributed by atoms with E-state index in [9.17, 15) is 0 Å². The first-order valence-electron chi connectivity index (χ1n) is 6.75. The number of hydrogen-bond acceptors (Lipinski definition) is 3. The molecule has 100 valence electrons. The molecule has 3 rings (SSSR count). The molecular weight excluding hydrogens is 246 g/mol. The van der Waals surface area contributed by atoms with Gasteiger partial charge in [-0.1, -0.05) is 24.3 Å². The number of para-hydroxylation sites is 2. The first kappa shape index (κ1) is 12.6. The second-order valence-electron chi connectivity index (χ2n) is 4.95. The normalized spacial score (nSPS) is 10.7. The van der Waals surface area contributed by atoms with Crippen molar-refractivity contribution < 1.29 is 0 Å². The fourth-order valence-electron chi connectivity index (χ4n) is 2.21. The molecule has 0 bridgehead atoms. The summed E-state index contributed by atoms with van der Waals surface area (Å²) in [6, 6.07) is 14.2. The van der Waals surface area contributed by atoms with Gasteiger partial charge in [0.1, 0.15) is 0 Å². The molecule has 0 saturated heterocycles. The molecule has 3 nitrogen and oxygen atoms in total. The number of fused-ring (bicyclic) bond motifs is 1.